The van der Waals surface area contributed by atoms with E-state index in [1.165, 1.54) is 25.8 Å². The standard InChI is InChI=1S/C15H24N4/c1-11-7-15(17-8-14(11)16)19-10-13-5-3-4-6-18(13)9-12(19)2/h7-8,12-13H,3-6,9-10,16H2,1-2H3. The Balaban J connectivity index is 1.81. The van der Waals surface area contributed by atoms with Gasteiger partial charge in [0.25, 0.3) is 0 Å². The average Bonchev–Trinajstić information content (AvgIpc) is 2.41. The number of rotatable bonds is 1. The van der Waals surface area contributed by atoms with Gasteiger partial charge in [0.1, 0.15) is 5.82 Å². The number of hydrogen-bond acceptors (Lipinski definition) is 4. The number of nitrogens with two attached hydrogens (primary N) is 1. The zero-order valence-corrected chi connectivity index (χ0v) is 12.0. The van der Waals surface area contributed by atoms with Crippen LogP contribution in [0.15, 0.2) is 12.3 Å². The fraction of sp³-hybridized carbons (Fsp3) is 0.667. The molecule has 3 rings (SSSR count). The summed E-state index contributed by atoms with van der Waals surface area (Å²) in [5.41, 5.74) is 7.78. The number of anilines is 2. The molecule has 104 valence electrons. The largest absolute Gasteiger partial charge is 0.397 e. The Bertz CT molecular complexity index is 459. The minimum absolute atomic E-state index is 0.532. The number of aryl methyl sites for hydroxylation is 1. The van der Waals surface area contributed by atoms with Crippen LogP contribution < -0.4 is 10.6 Å². The summed E-state index contributed by atoms with van der Waals surface area (Å²) in [5.74, 6) is 1.09. The van der Waals surface area contributed by atoms with Crippen molar-refractivity contribution in [2.24, 2.45) is 0 Å². The summed E-state index contributed by atoms with van der Waals surface area (Å²) in [6.45, 7) is 7.91. The van der Waals surface area contributed by atoms with Gasteiger partial charge in [-0.2, -0.15) is 0 Å². The van der Waals surface area contributed by atoms with Gasteiger partial charge in [0.05, 0.1) is 11.9 Å². The number of piperazine rings is 1. The van der Waals surface area contributed by atoms with E-state index >= 15 is 0 Å². The molecular weight excluding hydrogens is 236 g/mol. The topological polar surface area (TPSA) is 45.4 Å². The first-order valence-corrected chi connectivity index (χ1v) is 7.38. The van der Waals surface area contributed by atoms with Gasteiger partial charge in [-0.3, -0.25) is 4.90 Å². The average molecular weight is 260 g/mol. The molecule has 0 bridgehead atoms. The highest BCUT2D eigenvalue weighted by Gasteiger charge is 2.33. The number of nitrogens with zero attached hydrogens (tertiary/aromatic N) is 3. The second kappa shape index (κ2) is 5.00. The molecular formula is C15H24N4. The van der Waals surface area contributed by atoms with E-state index in [1.807, 2.05) is 0 Å². The number of nitrogen functional groups attached to an aromatic ring is 1. The molecule has 2 N–H and O–H groups in total. The second-order valence-corrected chi connectivity index (χ2v) is 6.05. The molecule has 2 unspecified atom stereocenters. The van der Waals surface area contributed by atoms with Crippen LogP contribution in [0.5, 0.6) is 0 Å². The van der Waals surface area contributed by atoms with Crippen LogP contribution in [0.25, 0.3) is 0 Å². The summed E-state index contributed by atoms with van der Waals surface area (Å²) in [6, 6.07) is 3.37. The van der Waals surface area contributed by atoms with Crippen LogP contribution >= 0.6 is 0 Å². The van der Waals surface area contributed by atoms with Crippen molar-refractivity contribution in [1.82, 2.24) is 9.88 Å². The smallest absolute Gasteiger partial charge is 0.129 e. The highest BCUT2D eigenvalue weighted by molar-refractivity contribution is 5.53. The molecule has 4 heteroatoms. The quantitative estimate of drug-likeness (QED) is 0.839. The van der Waals surface area contributed by atoms with E-state index in [0.29, 0.717) is 12.1 Å². The van der Waals surface area contributed by atoms with Gasteiger partial charge in [0.15, 0.2) is 0 Å². The maximum absolute atomic E-state index is 5.87. The van der Waals surface area contributed by atoms with Gasteiger partial charge in [-0.1, -0.05) is 6.42 Å². The molecule has 19 heavy (non-hydrogen) atoms. The lowest BCUT2D eigenvalue weighted by Crippen LogP contribution is -2.59. The lowest BCUT2D eigenvalue weighted by Gasteiger charge is -2.48. The summed E-state index contributed by atoms with van der Waals surface area (Å²) in [5, 5.41) is 0. The zero-order chi connectivity index (χ0) is 13.4. The van der Waals surface area contributed by atoms with Crippen molar-refractivity contribution in [2.45, 2.75) is 45.2 Å². The van der Waals surface area contributed by atoms with E-state index in [4.69, 9.17) is 5.73 Å². The van der Waals surface area contributed by atoms with Crippen LogP contribution in [0.4, 0.5) is 11.5 Å². The van der Waals surface area contributed by atoms with Crippen LogP contribution in [-0.2, 0) is 0 Å². The molecule has 1 aromatic heterocycles. The van der Waals surface area contributed by atoms with Crippen molar-refractivity contribution >= 4 is 11.5 Å². The second-order valence-electron chi connectivity index (χ2n) is 6.05. The van der Waals surface area contributed by atoms with Crippen molar-refractivity contribution in [2.75, 3.05) is 30.3 Å². The van der Waals surface area contributed by atoms with Gasteiger partial charge < -0.3 is 10.6 Å². The van der Waals surface area contributed by atoms with Crippen LogP contribution in [0.2, 0.25) is 0 Å². The maximum atomic E-state index is 5.87. The third kappa shape index (κ3) is 2.41. The Morgan fingerprint density at radius 1 is 1.32 bits per heavy atom. The van der Waals surface area contributed by atoms with Gasteiger partial charge >= 0.3 is 0 Å². The van der Waals surface area contributed by atoms with E-state index in [-0.39, 0.29) is 0 Å². The van der Waals surface area contributed by atoms with E-state index in [2.05, 4.69) is 34.7 Å². The molecule has 2 aliphatic rings. The van der Waals surface area contributed by atoms with E-state index in [9.17, 15) is 0 Å². The van der Waals surface area contributed by atoms with Crippen LogP contribution in [0.3, 0.4) is 0 Å². The number of fused-ring (bicyclic) bond motifs is 1. The summed E-state index contributed by atoms with van der Waals surface area (Å²) in [6.07, 6.45) is 5.86. The van der Waals surface area contributed by atoms with Crippen LogP contribution in [-0.4, -0.2) is 41.6 Å². The van der Waals surface area contributed by atoms with Gasteiger partial charge in [-0.25, -0.2) is 4.98 Å². The Morgan fingerprint density at radius 3 is 2.95 bits per heavy atom. The Kier molecular flexibility index (Phi) is 3.35. The zero-order valence-electron chi connectivity index (χ0n) is 12.0. The van der Waals surface area contributed by atoms with E-state index in [0.717, 1.165) is 30.2 Å². The first-order chi connectivity index (χ1) is 9.15. The van der Waals surface area contributed by atoms with Crippen molar-refractivity contribution in [3.05, 3.63) is 17.8 Å². The van der Waals surface area contributed by atoms with E-state index < -0.39 is 0 Å². The minimum Gasteiger partial charge on any atom is -0.397 e. The normalized spacial score (nSPS) is 28.2. The molecule has 2 fully saturated rings. The Morgan fingerprint density at radius 2 is 2.16 bits per heavy atom. The lowest BCUT2D eigenvalue weighted by atomic mass is 9.97. The molecule has 2 saturated heterocycles. The molecule has 3 heterocycles. The van der Waals surface area contributed by atoms with Gasteiger partial charge in [-0.15, -0.1) is 0 Å². The fourth-order valence-corrected chi connectivity index (χ4v) is 3.38. The number of aromatic nitrogens is 1. The third-order valence-electron chi connectivity index (χ3n) is 4.62. The molecule has 0 spiro atoms. The number of hydrogen-bond donors (Lipinski definition) is 1. The number of piperidine rings is 1. The molecule has 4 nitrogen and oxygen atoms in total. The maximum Gasteiger partial charge on any atom is 0.129 e. The summed E-state index contributed by atoms with van der Waals surface area (Å²) >= 11 is 0. The molecule has 2 atom stereocenters. The minimum atomic E-state index is 0.532. The van der Waals surface area contributed by atoms with Gasteiger partial charge in [-0.05, 0) is 44.9 Å². The molecule has 0 amide bonds. The molecule has 0 saturated carbocycles. The molecule has 0 aliphatic carbocycles. The first kappa shape index (κ1) is 12.7. The predicted octanol–water partition coefficient (Wildman–Crippen LogP) is 2.04. The SMILES string of the molecule is Cc1cc(N2CC3CCCCN3CC2C)ncc1N. The van der Waals surface area contributed by atoms with Crippen LogP contribution in [0.1, 0.15) is 31.7 Å². The first-order valence-electron chi connectivity index (χ1n) is 7.38. The molecule has 2 aliphatic heterocycles. The monoisotopic (exact) mass is 260 g/mol. The summed E-state index contributed by atoms with van der Waals surface area (Å²) < 4.78 is 0. The Labute approximate surface area is 115 Å². The van der Waals surface area contributed by atoms with Crippen LogP contribution in [0, 0.1) is 6.92 Å². The van der Waals surface area contributed by atoms with Crippen molar-refractivity contribution in [3.8, 4) is 0 Å². The highest BCUT2D eigenvalue weighted by atomic mass is 15.3. The summed E-state index contributed by atoms with van der Waals surface area (Å²) in [7, 11) is 0. The van der Waals surface area contributed by atoms with Crippen molar-refractivity contribution in [1.29, 1.82) is 0 Å². The third-order valence-corrected chi connectivity index (χ3v) is 4.62. The Hall–Kier alpha value is -1.29. The summed E-state index contributed by atoms with van der Waals surface area (Å²) in [4.78, 5) is 9.65. The van der Waals surface area contributed by atoms with Crippen molar-refractivity contribution < 1.29 is 0 Å². The van der Waals surface area contributed by atoms with Gasteiger partial charge in [0, 0.05) is 25.2 Å². The van der Waals surface area contributed by atoms with Gasteiger partial charge in [0.2, 0.25) is 0 Å². The fourth-order valence-electron chi connectivity index (χ4n) is 3.38. The van der Waals surface area contributed by atoms with Crippen molar-refractivity contribution in [3.63, 3.8) is 0 Å². The molecule has 0 aromatic carbocycles. The highest BCUT2D eigenvalue weighted by Crippen LogP contribution is 2.28. The molecule has 1 aromatic rings. The predicted molar refractivity (Wildman–Crippen MR) is 79.4 cm³/mol. The number of pyridine rings is 1. The lowest BCUT2D eigenvalue weighted by molar-refractivity contribution is 0.115. The van der Waals surface area contributed by atoms with E-state index in [1.54, 1.807) is 6.20 Å². The molecule has 0 radical (unpaired) electrons.